The number of carbonyl (C=O) groups is 1. The Balaban J connectivity index is 1.87. The standard InChI is InChI=1S/C13H16N2O4/c14-11-3-9(5-15-1-2-17-7-12(15)16)13-10(4-11)6-18-8-19-13/h3-4H,1-2,5-8,14H2. The molecule has 6 heteroatoms. The van der Waals surface area contributed by atoms with E-state index in [1.807, 2.05) is 12.1 Å². The van der Waals surface area contributed by atoms with Crippen molar-refractivity contribution < 1.29 is 19.0 Å². The van der Waals surface area contributed by atoms with Crippen molar-refractivity contribution in [2.45, 2.75) is 13.2 Å². The lowest BCUT2D eigenvalue weighted by atomic mass is 10.1. The van der Waals surface area contributed by atoms with E-state index in [1.165, 1.54) is 0 Å². The maximum Gasteiger partial charge on any atom is 0.248 e. The summed E-state index contributed by atoms with van der Waals surface area (Å²) in [6.07, 6.45) is 0. The van der Waals surface area contributed by atoms with Gasteiger partial charge < -0.3 is 24.8 Å². The molecule has 2 N–H and O–H groups in total. The van der Waals surface area contributed by atoms with Crippen LogP contribution >= 0.6 is 0 Å². The lowest BCUT2D eigenvalue weighted by molar-refractivity contribution is -0.143. The summed E-state index contributed by atoms with van der Waals surface area (Å²) in [6, 6.07) is 3.70. The third-order valence-corrected chi connectivity index (χ3v) is 3.25. The van der Waals surface area contributed by atoms with Crippen molar-refractivity contribution in [3.8, 4) is 5.75 Å². The van der Waals surface area contributed by atoms with Gasteiger partial charge in [-0.05, 0) is 12.1 Å². The molecule has 0 saturated carbocycles. The second-order valence-electron chi connectivity index (χ2n) is 4.65. The van der Waals surface area contributed by atoms with E-state index in [9.17, 15) is 4.79 Å². The summed E-state index contributed by atoms with van der Waals surface area (Å²) in [5.74, 6) is 0.786. The van der Waals surface area contributed by atoms with Gasteiger partial charge >= 0.3 is 0 Å². The van der Waals surface area contributed by atoms with Crippen LogP contribution in [0.25, 0.3) is 0 Å². The fourth-order valence-corrected chi connectivity index (χ4v) is 2.37. The molecule has 0 radical (unpaired) electrons. The molecule has 3 rings (SSSR count). The van der Waals surface area contributed by atoms with Crippen LogP contribution in [0.15, 0.2) is 12.1 Å². The number of anilines is 1. The number of ether oxygens (including phenoxy) is 3. The molecule has 0 aliphatic carbocycles. The average Bonchev–Trinajstić information content (AvgIpc) is 2.41. The van der Waals surface area contributed by atoms with Crippen molar-refractivity contribution >= 4 is 11.6 Å². The number of nitrogens with two attached hydrogens (primary N) is 1. The van der Waals surface area contributed by atoms with Gasteiger partial charge in [0.25, 0.3) is 0 Å². The number of morpholine rings is 1. The summed E-state index contributed by atoms with van der Waals surface area (Å²) in [5.41, 5.74) is 8.40. The second-order valence-corrected chi connectivity index (χ2v) is 4.65. The van der Waals surface area contributed by atoms with Crippen molar-refractivity contribution in [3.63, 3.8) is 0 Å². The van der Waals surface area contributed by atoms with Gasteiger partial charge in [0.05, 0.1) is 13.2 Å². The Hall–Kier alpha value is -1.79. The first-order valence-electron chi connectivity index (χ1n) is 6.21. The van der Waals surface area contributed by atoms with E-state index in [0.29, 0.717) is 32.0 Å². The van der Waals surface area contributed by atoms with E-state index in [4.69, 9.17) is 19.9 Å². The summed E-state index contributed by atoms with van der Waals surface area (Å²) >= 11 is 0. The van der Waals surface area contributed by atoms with Gasteiger partial charge in [-0.15, -0.1) is 0 Å². The monoisotopic (exact) mass is 264 g/mol. The summed E-state index contributed by atoms with van der Waals surface area (Å²) in [5, 5.41) is 0. The number of hydrogen-bond donors (Lipinski definition) is 1. The first-order chi connectivity index (χ1) is 9.24. The molecule has 2 aliphatic rings. The maximum atomic E-state index is 11.8. The summed E-state index contributed by atoms with van der Waals surface area (Å²) in [4.78, 5) is 13.5. The van der Waals surface area contributed by atoms with Crippen molar-refractivity contribution in [2.75, 3.05) is 32.3 Å². The zero-order valence-electron chi connectivity index (χ0n) is 10.6. The van der Waals surface area contributed by atoms with E-state index < -0.39 is 0 Å². The van der Waals surface area contributed by atoms with Crippen LogP contribution < -0.4 is 10.5 Å². The Morgan fingerprint density at radius 2 is 2.16 bits per heavy atom. The molecule has 102 valence electrons. The first-order valence-corrected chi connectivity index (χ1v) is 6.21. The zero-order chi connectivity index (χ0) is 13.2. The fraction of sp³-hybridized carbons (Fsp3) is 0.462. The molecule has 1 fully saturated rings. The van der Waals surface area contributed by atoms with Crippen molar-refractivity contribution in [1.82, 2.24) is 4.90 Å². The largest absolute Gasteiger partial charge is 0.467 e. The number of nitrogen functional groups attached to an aromatic ring is 1. The van der Waals surface area contributed by atoms with E-state index in [1.54, 1.807) is 4.90 Å². The summed E-state index contributed by atoms with van der Waals surface area (Å²) in [6.45, 7) is 2.54. The van der Waals surface area contributed by atoms with Gasteiger partial charge in [0.15, 0.2) is 6.79 Å². The highest BCUT2D eigenvalue weighted by Crippen LogP contribution is 2.31. The van der Waals surface area contributed by atoms with E-state index in [-0.39, 0.29) is 19.3 Å². The topological polar surface area (TPSA) is 74.0 Å². The molecule has 2 aliphatic heterocycles. The quantitative estimate of drug-likeness (QED) is 0.787. The molecule has 1 aromatic carbocycles. The average molecular weight is 264 g/mol. The molecule has 1 saturated heterocycles. The molecule has 0 aromatic heterocycles. The normalized spacial score (nSPS) is 18.9. The molecule has 2 heterocycles. The zero-order valence-corrected chi connectivity index (χ0v) is 10.6. The highest BCUT2D eigenvalue weighted by molar-refractivity contribution is 5.78. The van der Waals surface area contributed by atoms with Crippen LogP contribution in [0.4, 0.5) is 5.69 Å². The lowest BCUT2D eigenvalue weighted by Gasteiger charge is -2.29. The van der Waals surface area contributed by atoms with Gasteiger partial charge in [-0.3, -0.25) is 4.79 Å². The Morgan fingerprint density at radius 3 is 3.00 bits per heavy atom. The third kappa shape index (κ3) is 2.50. The Kier molecular flexibility index (Phi) is 3.27. The molecule has 1 amide bonds. The molecule has 1 aromatic rings. The van der Waals surface area contributed by atoms with Crippen molar-refractivity contribution in [3.05, 3.63) is 23.3 Å². The third-order valence-electron chi connectivity index (χ3n) is 3.25. The van der Waals surface area contributed by atoms with E-state index in [2.05, 4.69) is 0 Å². The predicted octanol–water partition coefficient (Wildman–Crippen LogP) is 0.494. The maximum absolute atomic E-state index is 11.8. The van der Waals surface area contributed by atoms with Crippen LogP contribution in [0.1, 0.15) is 11.1 Å². The summed E-state index contributed by atoms with van der Waals surface area (Å²) < 4.78 is 15.9. The number of carbonyl (C=O) groups excluding carboxylic acids is 1. The Morgan fingerprint density at radius 1 is 1.26 bits per heavy atom. The number of rotatable bonds is 2. The smallest absolute Gasteiger partial charge is 0.248 e. The van der Waals surface area contributed by atoms with Crippen LogP contribution in [-0.4, -0.2) is 37.4 Å². The lowest BCUT2D eigenvalue weighted by Crippen LogP contribution is -2.41. The fourth-order valence-electron chi connectivity index (χ4n) is 2.37. The Bertz CT molecular complexity index is 504. The number of benzene rings is 1. The molecular weight excluding hydrogens is 248 g/mol. The van der Waals surface area contributed by atoms with Gasteiger partial charge in [0.1, 0.15) is 12.4 Å². The van der Waals surface area contributed by atoms with Crippen molar-refractivity contribution in [2.24, 2.45) is 0 Å². The number of amides is 1. The van der Waals surface area contributed by atoms with E-state index >= 15 is 0 Å². The molecule has 6 nitrogen and oxygen atoms in total. The molecule has 19 heavy (non-hydrogen) atoms. The molecular formula is C13H16N2O4. The first kappa shape index (κ1) is 12.3. The van der Waals surface area contributed by atoms with Crippen LogP contribution in [0.2, 0.25) is 0 Å². The van der Waals surface area contributed by atoms with Crippen LogP contribution in [0.5, 0.6) is 5.75 Å². The van der Waals surface area contributed by atoms with Gasteiger partial charge in [0, 0.05) is 29.9 Å². The molecule has 0 bridgehead atoms. The van der Waals surface area contributed by atoms with Crippen molar-refractivity contribution in [1.29, 1.82) is 0 Å². The molecule has 0 unspecified atom stereocenters. The SMILES string of the molecule is Nc1cc2c(c(CN3CCOCC3=O)c1)OCOC2. The molecule has 0 atom stereocenters. The van der Waals surface area contributed by atoms with Crippen LogP contribution in [0, 0.1) is 0 Å². The minimum absolute atomic E-state index is 0.00511. The number of fused-ring (bicyclic) bond motifs is 1. The number of hydrogen-bond acceptors (Lipinski definition) is 5. The van der Waals surface area contributed by atoms with Crippen LogP contribution in [-0.2, 0) is 27.4 Å². The Labute approximate surface area is 111 Å². The minimum Gasteiger partial charge on any atom is -0.467 e. The van der Waals surface area contributed by atoms with Gasteiger partial charge in [-0.1, -0.05) is 0 Å². The van der Waals surface area contributed by atoms with Gasteiger partial charge in [-0.25, -0.2) is 0 Å². The predicted molar refractivity (Wildman–Crippen MR) is 67.4 cm³/mol. The number of nitrogens with zero attached hydrogens (tertiary/aromatic N) is 1. The van der Waals surface area contributed by atoms with Gasteiger partial charge in [0.2, 0.25) is 5.91 Å². The summed E-state index contributed by atoms with van der Waals surface area (Å²) in [7, 11) is 0. The minimum atomic E-state index is -0.00511. The second kappa shape index (κ2) is 5.07. The van der Waals surface area contributed by atoms with E-state index in [0.717, 1.165) is 16.9 Å². The van der Waals surface area contributed by atoms with Crippen LogP contribution in [0.3, 0.4) is 0 Å². The highest BCUT2D eigenvalue weighted by Gasteiger charge is 2.22. The highest BCUT2D eigenvalue weighted by atomic mass is 16.7. The van der Waals surface area contributed by atoms with Gasteiger partial charge in [-0.2, -0.15) is 0 Å². The molecule has 0 spiro atoms.